The Morgan fingerprint density at radius 1 is 1.27 bits per heavy atom. The van der Waals surface area contributed by atoms with Gasteiger partial charge in [0.2, 0.25) is 0 Å². The van der Waals surface area contributed by atoms with E-state index in [0.29, 0.717) is 49.8 Å². The Kier molecular flexibility index (Phi) is 6.84. The van der Waals surface area contributed by atoms with Crippen LogP contribution in [0.1, 0.15) is 50.7 Å². The first-order valence-electron chi connectivity index (χ1n) is 11.6. The summed E-state index contributed by atoms with van der Waals surface area (Å²) in [5.41, 5.74) is 2.63. The Morgan fingerprint density at radius 2 is 2.13 bits per heavy atom. The third-order valence-electron chi connectivity index (χ3n) is 6.99. The van der Waals surface area contributed by atoms with Crippen LogP contribution in [0.2, 0.25) is 0 Å². The third-order valence-corrected chi connectivity index (χ3v) is 6.99. The lowest BCUT2D eigenvalue weighted by molar-refractivity contribution is -0.171. The van der Waals surface area contributed by atoms with Crippen LogP contribution in [0.5, 0.6) is 5.75 Å². The van der Waals surface area contributed by atoms with Crippen molar-refractivity contribution in [3.05, 3.63) is 29.3 Å². The highest BCUT2D eigenvalue weighted by Gasteiger charge is 2.66. The maximum Gasteiger partial charge on any atom is 0.191 e. The zero-order valence-corrected chi connectivity index (χ0v) is 18.7. The highest BCUT2D eigenvalue weighted by molar-refractivity contribution is 5.80. The van der Waals surface area contributed by atoms with Gasteiger partial charge in [0.15, 0.2) is 5.96 Å². The predicted octanol–water partition coefficient (Wildman–Crippen LogP) is 3.42. The molecule has 1 aliphatic heterocycles. The highest BCUT2D eigenvalue weighted by Crippen LogP contribution is 2.62. The first-order valence-corrected chi connectivity index (χ1v) is 11.6. The van der Waals surface area contributed by atoms with Gasteiger partial charge in [0, 0.05) is 42.7 Å². The number of fused-ring (bicyclic) bond motifs is 2. The van der Waals surface area contributed by atoms with Crippen molar-refractivity contribution in [3.8, 4) is 5.75 Å². The van der Waals surface area contributed by atoms with Gasteiger partial charge >= 0.3 is 0 Å². The zero-order valence-electron chi connectivity index (χ0n) is 18.7. The van der Waals surface area contributed by atoms with Gasteiger partial charge in [-0.05, 0) is 51.7 Å². The van der Waals surface area contributed by atoms with Crippen LogP contribution in [-0.2, 0) is 16.0 Å². The van der Waals surface area contributed by atoms with Gasteiger partial charge in [-0.25, -0.2) is 4.99 Å². The molecule has 2 N–H and O–H groups in total. The van der Waals surface area contributed by atoms with Gasteiger partial charge < -0.3 is 24.8 Å². The zero-order chi connectivity index (χ0) is 21.0. The second-order valence-corrected chi connectivity index (χ2v) is 8.80. The normalized spacial score (nSPS) is 26.6. The summed E-state index contributed by atoms with van der Waals surface area (Å²) in [4.78, 5) is 4.92. The number of rotatable bonds is 9. The molecular formula is C24H37N3O3. The molecule has 3 atom stereocenters. The molecule has 1 heterocycles. The number of aryl methyl sites for hydroxylation is 1. The van der Waals surface area contributed by atoms with Gasteiger partial charge in [0.05, 0.1) is 19.3 Å². The average Bonchev–Trinajstić information content (AvgIpc) is 3.12. The molecule has 4 rings (SSSR count). The second kappa shape index (κ2) is 9.56. The van der Waals surface area contributed by atoms with Crippen LogP contribution in [0.3, 0.4) is 0 Å². The van der Waals surface area contributed by atoms with Crippen molar-refractivity contribution in [2.24, 2.45) is 16.3 Å². The van der Waals surface area contributed by atoms with E-state index in [4.69, 9.17) is 19.2 Å². The quantitative estimate of drug-likeness (QED) is 0.368. The molecule has 1 spiro atoms. The van der Waals surface area contributed by atoms with Crippen LogP contribution in [0, 0.1) is 18.3 Å². The summed E-state index contributed by atoms with van der Waals surface area (Å²) >= 11 is 0. The van der Waals surface area contributed by atoms with Crippen LogP contribution < -0.4 is 15.4 Å². The fraction of sp³-hybridized carbons (Fsp3) is 0.708. The molecule has 2 saturated carbocycles. The molecule has 1 aromatic carbocycles. The van der Waals surface area contributed by atoms with Gasteiger partial charge in [-0.3, -0.25) is 0 Å². The van der Waals surface area contributed by atoms with Crippen molar-refractivity contribution in [2.45, 2.75) is 65.1 Å². The molecule has 0 aromatic heterocycles. The number of nitrogens with one attached hydrogen (secondary N) is 2. The molecule has 1 saturated heterocycles. The van der Waals surface area contributed by atoms with Crippen LogP contribution >= 0.6 is 0 Å². The number of nitrogens with zero attached hydrogens (tertiary/aromatic N) is 1. The number of guanidine groups is 1. The molecule has 0 bridgehead atoms. The maximum atomic E-state index is 6.07. The van der Waals surface area contributed by atoms with Crippen molar-refractivity contribution in [2.75, 3.05) is 33.0 Å². The van der Waals surface area contributed by atoms with Crippen LogP contribution in [-0.4, -0.2) is 51.1 Å². The number of hydrogen-bond acceptors (Lipinski definition) is 4. The van der Waals surface area contributed by atoms with E-state index in [1.807, 2.05) is 6.92 Å². The summed E-state index contributed by atoms with van der Waals surface area (Å²) in [5.74, 6) is 2.43. The number of hydrogen-bond donors (Lipinski definition) is 2. The highest BCUT2D eigenvalue weighted by atomic mass is 16.5. The smallest absolute Gasteiger partial charge is 0.191 e. The number of benzene rings is 1. The van der Waals surface area contributed by atoms with Crippen molar-refractivity contribution in [1.82, 2.24) is 10.6 Å². The van der Waals surface area contributed by atoms with Crippen molar-refractivity contribution in [1.29, 1.82) is 0 Å². The maximum absolute atomic E-state index is 6.07. The van der Waals surface area contributed by atoms with E-state index >= 15 is 0 Å². The second-order valence-electron chi connectivity index (χ2n) is 8.80. The first kappa shape index (κ1) is 21.4. The van der Waals surface area contributed by atoms with Crippen LogP contribution in [0.4, 0.5) is 0 Å². The largest absolute Gasteiger partial charge is 0.491 e. The van der Waals surface area contributed by atoms with Gasteiger partial charge in [0.1, 0.15) is 12.4 Å². The van der Waals surface area contributed by atoms with E-state index in [1.54, 1.807) is 0 Å². The lowest BCUT2D eigenvalue weighted by Crippen LogP contribution is -2.72. The molecule has 1 aromatic rings. The minimum absolute atomic E-state index is 0.342. The SMILES string of the molecule is CCNC(=NCc1ccc(C)cc1OCCOCC)NC1C2CCOC2C12CCC2. The molecule has 166 valence electrons. The summed E-state index contributed by atoms with van der Waals surface area (Å²) in [6.07, 6.45) is 5.51. The van der Waals surface area contributed by atoms with Crippen molar-refractivity contribution in [3.63, 3.8) is 0 Å². The van der Waals surface area contributed by atoms with E-state index in [-0.39, 0.29) is 0 Å². The van der Waals surface area contributed by atoms with Gasteiger partial charge in [-0.2, -0.15) is 0 Å². The number of ether oxygens (including phenoxy) is 3. The minimum Gasteiger partial charge on any atom is -0.491 e. The fourth-order valence-corrected chi connectivity index (χ4v) is 5.37. The molecule has 3 unspecified atom stereocenters. The van der Waals surface area contributed by atoms with Crippen LogP contribution in [0.15, 0.2) is 23.2 Å². The van der Waals surface area contributed by atoms with Crippen molar-refractivity contribution >= 4 is 5.96 Å². The van der Waals surface area contributed by atoms with Gasteiger partial charge in [-0.15, -0.1) is 0 Å². The van der Waals surface area contributed by atoms with E-state index in [1.165, 1.54) is 31.2 Å². The van der Waals surface area contributed by atoms with Crippen molar-refractivity contribution < 1.29 is 14.2 Å². The Bertz CT molecular complexity index is 747. The third kappa shape index (κ3) is 4.17. The average molecular weight is 416 g/mol. The molecule has 3 aliphatic rings. The Balaban J connectivity index is 1.43. The fourth-order valence-electron chi connectivity index (χ4n) is 5.37. The monoisotopic (exact) mass is 415 g/mol. The summed E-state index contributed by atoms with van der Waals surface area (Å²) < 4.78 is 17.5. The standard InChI is InChI=1S/C24H37N3O3/c1-4-25-23(27-21-19-9-12-30-22(19)24(21)10-6-11-24)26-16-18-8-7-17(3)15-20(18)29-14-13-28-5-2/h7-8,15,19,21-22H,4-6,9-14,16H2,1-3H3,(H2,25,26,27). The first-order chi connectivity index (χ1) is 14.7. The van der Waals surface area contributed by atoms with Gasteiger partial charge in [-0.1, -0.05) is 18.6 Å². The minimum atomic E-state index is 0.342. The Labute approximate surface area is 180 Å². The van der Waals surface area contributed by atoms with E-state index < -0.39 is 0 Å². The molecule has 2 aliphatic carbocycles. The van der Waals surface area contributed by atoms with E-state index in [0.717, 1.165) is 30.4 Å². The Hall–Kier alpha value is -1.79. The molecule has 0 radical (unpaired) electrons. The topological polar surface area (TPSA) is 64.1 Å². The predicted molar refractivity (Wildman–Crippen MR) is 119 cm³/mol. The molecule has 30 heavy (non-hydrogen) atoms. The summed E-state index contributed by atoms with van der Waals surface area (Å²) in [5, 5.41) is 7.22. The summed E-state index contributed by atoms with van der Waals surface area (Å²) in [6, 6.07) is 6.82. The molecular weight excluding hydrogens is 378 g/mol. The molecule has 3 fully saturated rings. The lowest BCUT2D eigenvalue weighted by Gasteiger charge is -2.63. The van der Waals surface area contributed by atoms with Gasteiger partial charge in [0.25, 0.3) is 0 Å². The van der Waals surface area contributed by atoms with E-state index in [2.05, 4.69) is 42.7 Å². The lowest BCUT2D eigenvalue weighted by atomic mass is 9.46. The Morgan fingerprint density at radius 3 is 2.87 bits per heavy atom. The molecule has 6 nitrogen and oxygen atoms in total. The summed E-state index contributed by atoms with van der Waals surface area (Å²) in [6.45, 7) is 10.4. The van der Waals surface area contributed by atoms with E-state index in [9.17, 15) is 0 Å². The molecule has 0 amide bonds. The molecule has 6 heteroatoms. The number of aliphatic imine (C=N–C) groups is 1. The van der Waals surface area contributed by atoms with Crippen LogP contribution in [0.25, 0.3) is 0 Å². The summed E-state index contributed by atoms with van der Waals surface area (Å²) in [7, 11) is 0.